The molecule has 2 aromatic rings. The van der Waals surface area contributed by atoms with E-state index in [0.29, 0.717) is 0 Å². The molecule has 3 N–H and O–H groups in total. The zero-order valence-electron chi connectivity index (χ0n) is 11.4. The van der Waals surface area contributed by atoms with Gasteiger partial charge in [0.1, 0.15) is 12.7 Å². The van der Waals surface area contributed by atoms with Crippen LogP contribution in [-0.2, 0) is 4.74 Å². The number of nitrogens with zero attached hydrogens (tertiary/aromatic N) is 1. The number of ether oxygens (including phenoxy) is 1. The lowest BCUT2D eigenvalue weighted by molar-refractivity contribution is 0.110. The molecule has 0 fully saturated rings. The van der Waals surface area contributed by atoms with Crippen molar-refractivity contribution in [3.8, 4) is 0 Å². The Kier molecular flexibility index (Phi) is 4.74. The van der Waals surface area contributed by atoms with Crippen molar-refractivity contribution >= 4 is 5.84 Å². The zero-order valence-corrected chi connectivity index (χ0v) is 11.4. The average molecular weight is 270 g/mol. The third kappa shape index (κ3) is 3.59. The van der Waals surface area contributed by atoms with Crippen LogP contribution in [0.5, 0.6) is 0 Å². The monoisotopic (exact) mass is 270 g/mol. The van der Waals surface area contributed by atoms with E-state index in [9.17, 15) is 0 Å². The van der Waals surface area contributed by atoms with Gasteiger partial charge in [-0.3, -0.25) is 0 Å². The molecular weight excluding hydrogens is 252 g/mol. The minimum absolute atomic E-state index is 0.0537. The minimum Gasteiger partial charge on any atom is -0.409 e. The average Bonchev–Trinajstić information content (AvgIpc) is 2.50. The second-order valence-corrected chi connectivity index (χ2v) is 4.60. The SMILES string of the molecule is Cc1ccc(C(OC/C(N)=N/O)c2ccccc2)cc1. The van der Waals surface area contributed by atoms with Gasteiger partial charge in [-0.15, -0.1) is 0 Å². The molecule has 0 aromatic heterocycles. The molecule has 0 aliphatic rings. The smallest absolute Gasteiger partial charge is 0.165 e. The second kappa shape index (κ2) is 6.73. The van der Waals surface area contributed by atoms with Gasteiger partial charge in [0.2, 0.25) is 0 Å². The number of amidine groups is 1. The summed E-state index contributed by atoms with van der Waals surface area (Å²) in [5.74, 6) is 0.0537. The van der Waals surface area contributed by atoms with E-state index in [2.05, 4.69) is 5.16 Å². The van der Waals surface area contributed by atoms with Gasteiger partial charge < -0.3 is 15.7 Å². The van der Waals surface area contributed by atoms with Crippen molar-refractivity contribution in [1.82, 2.24) is 0 Å². The lowest BCUT2D eigenvalue weighted by Crippen LogP contribution is -2.21. The summed E-state index contributed by atoms with van der Waals surface area (Å²) in [5, 5.41) is 11.5. The van der Waals surface area contributed by atoms with Crippen LogP contribution in [0, 0.1) is 6.92 Å². The van der Waals surface area contributed by atoms with Crippen LogP contribution in [0.25, 0.3) is 0 Å². The number of hydrogen-bond acceptors (Lipinski definition) is 3. The van der Waals surface area contributed by atoms with Crippen LogP contribution in [-0.4, -0.2) is 17.6 Å². The van der Waals surface area contributed by atoms with E-state index in [0.717, 1.165) is 11.1 Å². The lowest BCUT2D eigenvalue weighted by Gasteiger charge is -2.18. The Balaban J connectivity index is 2.26. The summed E-state index contributed by atoms with van der Waals surface area (Å²) in [7, 11) is 0. The molecule has 4 nitrogen and oxygen atoms in total. The van der Waals surface area contributed by atoms with Crippen LogP contribution in [0.1, 0.15) is 22.8 Å². The van der Waals surface area contributed by atoms with Crippen LogP contribution >= 0.6 is 0 Å². The molecule has 1 atom stereocenters. The second-order valence-electron chi connectivity index (χ2n) is 4.60. The molecule has 4 heteroatoms. The first-order chi connectivity index (χ1) is 9.70. The van der Waals surface area contributed by atoms with Crippen molar-refractivity contribution in [1.29, 1.82) is 0 Å². The van der Waals surface area contributed by atoms with Gasteiger partial charge in [-0.2, -0.15) is 0 Å². The number of hydrogen-bond donors (Lipinski definition) is 2. The van der Waals surface area contributed by atoms with Crippen molar-refractivity contribution < 1.29 is 9.94 Å². The van der Waals surface area contributed by atoms with E-state index < -0.39 is 0 Å². The maximum Gasteiger partial charge on any atom is 0.165 e. The van der Waals surface area contributed by atoms with Crippen molar-refractivity contribution in [3.05, 3.63) is 71.3 Å². The van der Waals surface area contributed by atoms with Gasteiger partial charge in [0, 0.05) is 0 Å². The highest BCUT2D eigenvalue weighted by molar-refractivity contribution is 5.80. The highest BCUT2D eigenvalue weighted by Crippen LogP contribution is 2.26. The van der Waals surface area contributed by atoms with Crippen LogP contribution < -0.4 is 5.73 Å². The summed E-state index contributed by atoms with van der Waals surface area (Å²) in [4.78, 5) is 0. The predicted octanol–water partition coefficient (Wildman–Crippen LogP) is 2.85. The largest absolute Gasteiger partial charge is 0.409 e. The van der Waals surface area contributed by atoms with Gasteiger partial charge in [0.25, 0.3) is 0 Å². The van der Waals surface area contributed by atoms with E-state index in [1.807, 2.05) is 61.5 Å². The maximum atomic E-state index is 8.61. The van der Waals surface area contributed by atoms with Crippen molar-refractivity contribution in [3.63, 3.8) is 0 Å². The molecule has 2 rings (SSSR count). The Morgan fingerprint density at radius 3 is 2.30 bits per heavy atom. The summed E-state index contributed by atoms with van der Waals surface area (Å²) in [5.41, 5.74) is 8.73. The first-order valence-electron chi connectivity index (χ1n) is 6.40. The van der Waals surface area contributed by atoms with Gasteiger partial charge in [-0.1, -0.05) is 65.3 Å². The number of rotatable bonds is 5. The van der Waals surface area contributed by atoms with Gasteiger partial charge >= 0.3 is 0 Å². The third-order valence-electron chi connectivity index (χ3n) is 3.01. The summed E-state index contributed by atoms with van der Waals surface area (Å²) in [6.45, 7) is 2.11. The van der Waals surface area contributed by atoms with E-state index >= 15 is 0 Å². The normalized spacial score (nSPS) is 13.2. The van der Waals surface area contributed by atoms with E-state index in [1.165, 1.54) is 5.56 Å². The van der Waals surface area contributed by atoms with Gasteiger partial charge in [0.05, 0.1) is 0 Å². The fourth-order valence-corrected chi connectivity index (χ4v) is 1.95. The molecule has 0 amide bonds. The first-order valence-corrected chi connectivity index (χ1v) is 6.40. The molecule has 0 heterocycles. The molecule has 0 aliphatic heterocycles. The highest BCUT2D eigenvalue weighted by atomic mass is 16.5. The molecule has 0 aliphatic carbocycles. The molecule has 0 saturated carbocycles. The Labute approximate surface area is 118 Å². The van der Waals surface area contributed by atoms with Gasteiger partial charge in [-0.05, 0) is 18.1 Å². The number of nitrogens with two attached hydrogens (primary N) is 1. The Morgan fingerprint density at radius 1 is 1.10 bits per heavy atom. The molecular formula is C16H18N2O2. The van der Waals surface area contributed by atoms with E-state index in [4.69, 9.17) is 15.7 Å². The Bertz CT molecular complexity index is 565. The van der Waals surface area contributed by atoms with Crippen molar-refractivity contribution in [2.45, 2.75) is 13.0 Å². The molecule has 20 heavy (non-hydrogen) atoms. The molecule has 1 unspecified atom stereocenters. The molecule has 0 bridgehead atoms. The van der Waals surface area contributed by atoms with E-state index in [1.54, 1.807) is 0 Å². The van der Waals surface area contributed by atoms with Gasteiger partial charge in [-0.25, -0.2) is 0 Å². The standard InChI is InChI=1S/C16H18N2O2/c1-12-7-9-14(10-8-12)16(20-11-15(17)18-19)13-5-3-2-4-6-13/h2-10,16,19H,11H2,1H3,(H2,17,18). The molecule has 104 valence electrons. The predicted molar refractivity (Wildman–Crippen MR) is 78.8 cm³/mol. The minimum atomic E-state index is -0.239. The molecule has 0 spiro atoms. The fraction of sp³-hybridized carbons (Fsp3) is 0.188. The summed E-state index contributed by atoms with van der Waals surface area (Å²) in [6.07, 6.45) is -0.239. The first kappa shape index (κ1) is 14.1. The van der Waals surface area contributed by atoms with Crippen molar-refractivity contribution in [2.75, 3.05) is 6.61 Å². The van der Waals surface area contributed by atoms with Crippen LogP contribution in [0.3, 0.4) is 0 Å². The summed E-state index contributed by atoms with van der Waals surface area (Å²) in [6, 6.07) is 18.0. The van der Waals surface area contributed by atoms with Gasteiger partial charge in [0.15, 0.2) is 5.84 Å². The molecule has 0 radical (unpaired) electrons. The van der Waals surface area contributed by atoms with E-state index in [-0.39, 0.29) is 18.5 Å². The Hall–Kier alpha value is -2.33. The van der Waals surface area contributed by atoms with Crippen LogP contribution in [0.15, 0.2) is 59.8 Å². The number of aryl methyl sites for hydroxylation is 1. The number of benzene rings is 2. The Morgan fingerprint density at radius 2 is 1.70 bits per heavy atom. The topological polar surface area (TPSA) is 67.8 Å². The lowest BCUT2D eigenvalue weighted by atomic mass is 10.0. The third-order valence-corrected chi connectivity index (χ3v) is 3.01. The molecule has 0 saturated heterocycles. The zero-order chi connectivity index (χ0) is 14.4. The molecule has 2 aromatic carbocycles. The van der Waals surface area contributed by atoms with Crippen LogP contribution in [0.4, 0.5) is 0 Å². The van der Waals surface area contributed by atoms with Crippen molar-refractivity contribution in [2.24, 2.45) is 10.9 Å². The van der Waals surface area contributed by atoms with Crippen LogP contribution in [0.2, 0.25) is 0 Å². The highest BCUT2D eigenvalue weighted by Gasteiger charge is 2.15. The quantitative estimate of drug-likeness (QED) is 0.380. The fourth-order valence-electron chi connectivity index (χ4n) is 1.95. The maximum absolute atomic E-state index is 8.61. The summed E-state index contributed by atoms with van der Waals surface area (Å²) >= 11 is 0. The summed E-state index contributed by atoms with van der Waals surface area (Å²) < 4.78 is 5.79. The number of oxime groups is 1.